The van der Waals surface area contributed by atoms with E-state index in [1.807, 2.05) is 35.2 Å². The molecule has 3 N–H and O–H groups in total. The number of hydrogen-bond acceptors (Lipinski definition) is 4. The van der Waals surface area contributed by atoms with Crippen LogP contribution in [0.3, 0.4) is 0 Å². The molecule has 0 aliphatic carbocycles. The summed E-state index contributed by atoms with van der Waals surface area (Å²) >= 11 is 0. The first-order valence-electron chi connectivity index (χ1n) is 9.87. The Morgan fingerprint density at radius 2 is 1.47 bits per heavy atom. The Kier molecular flexibility index (Phi) is 5.66. The average Bonchev–Trinajstić information content (AvgIpc) is 3.23. The SMILES string of the molecule is NC(=O)c1ccc(Oc2ccc(C(=O)N3CCC(Nc4ccccc4)C3)cc2)cc1. The summed E-state index contributed by atoms with van der Waals surface area (Å²) in [7, 11) is 0. The molecule has 0 spiro atoms. The van der Waals surface area contributed by atoms with E-state index in [-0.39, 0.29) is 11.9 Å². The van der Waals surface area contributed by atoms with Crippen LogP contribution < -0.4 is 15.8 Å². The van der Waals surface area contributed by atoms with E-state index in [4.69, 9.17) is 10.5 Å². The molecule has 152 valence electrons. The summed E-state index contributed by atoms with van der Waals surface area (Å²) in [5.74, 6) is 0.745. The summed E-state index contributed by atoms with van der Waals surface area (Å²) in [5.41, 5.74) is 7.37. The monoisotopic (exact) mass is 401 g/mol. The number of carbonyl (C=O) groups excluding carboxylic acids is 2. The number of nitrogens with one attached hydrogen (secondary N) is 1. The van der Waals surface area contributed by atoms with Crippen molar-refractivity contribution in [2.75, 3.05) is 18.4 Å². The van der Waals surface area contributed by atoms with Crippen molar-refractivity contribution < 1.29 is 14.3 Å². The van der Waals surface area contributed by atoms with Gasteiger partial charge in [-0.25, -0.2) is 0 Å². The lowest BCUT2D eigenvalue weighted by Gasteiger charge is -2.18. The average molecular weight is 401 g/mol. The first-order chi connectivity index (χ1) is 14.6. The highest BCUT2D eigenvalue weighted by atomic mass is 16.5. The van der Waals surface area contributed by atoms with Gasteiger partial charge in [0.25, 0.3) is 5.91 Å². The second-order valence-electron chi connectivity index (χ2n) is 7.26. The Bertz CT molecular complexity index is 1020. The van der Waals surface area contributed by atoms with Crippen LogP contribution in [0.25, 0.3) is 0 Å². The van der Waals surface area contributed by atoms with Gasteiger partial charge in [-0.05, 0) is 67.1 Å². The molecule has 0 bridgehead atoms. The Hall–Kier alpha value is -3.80. The van der Waals surface area contributed by atoms with E-state index >= 15 is 0 Å². The molecule has 6 heteroatoms. The number of nitrogens with two attached hydrogens (primary N) is 1. The molecule has 30 heavy (non-hydrogen) atoms. The van der Waals surface area contributed by atoms with Crippen LogP contribution in [-0.4, -0.2) is 35.8 Å². The molecule has 0 radical (unpaired) electrons. The lowest BCUT2D eigenvalue weighted by atomic mass is 10.2. The molecule has 0 aromatic heterocycles. The summed E-state index contributed by atoms with van der Waals surface area (Å²) in [6.45, 7) is 1.41. The normalized spacial score (nSPS) is 15.6. The molecule has 6 nitrogen and oxygen atoms in total. The van der Waals surface area contributed by atoms with E-state index in [1.165, 1.54) is 0 Å². The van der Waals surface area contributed by atoms with E-state index in [0.29, 0.717) is 29.2 Å². The van der Waals surface area contributed by atoms with Gasteiger partial charge in [0.05, 0.1) is 0 Å². The van der Waals surface area contributed by atoms with Gasteiger partial charge in [0.2, 0.25) is 5.91 Å². The summed E-state index contributed by atoms with van der Waals surface area (Å²) < 4.78 is 5.77. The number of hydrogen-bond donors (Lipinski definition) is 2. The number of primary amides is 1. The van der Waals surface area contributed by atoms with Crippen LogP contribution in [-0.2, 0) is 0 Å². The Morgan fingerprint density at radius 1 is 0.867 bits per heavy atom. The summed E-state index contributed by atoms with van der Waals surface area (Å²) in [6.07, 6.45) is 0.920. The maximum Gasteiger partial charge on any atom is 0.253 e. The van der Waals surface area contributed by atoms with Gasteiger partial charge >= 0.3 is 0 Å². The first-order valence-corrected chi connectivity index (χ1v) is 9.87. The molecule has 4 rings (SSSR count). The lowest BCUT2D eigenvalue weighted by Crippen LogP contribution is -2.31. The van der Waals surface area contributed by atoms with Gasteiger partial charge in [0.15, 0.2) is 0 Å². The number of para-hydroxylation sites is 1. The van der Waals surface area contributed by atoms with Crippen LogP contribution in [0.4, 0.5) is 5.69 Å². The fraction of sp³-hybridized carbons (Fsp3) is 0.167. The Labute approximate surface area is 175 Å². The molecule has 1 aliphatic heterocycles. The largest absolute Gasteiger partial charge is 0.457 e. The van der Waals surface area contributed by atoms with Crippen molar-refractivity contribution in [1.82, 2.24) is 4.90 Å². The van der Waals surface area contributed by atoms with Gasteiger partial charge < -0.3 is 20.7 Å². The molecule has 3 aromatic carbocycles. The van der Waals surface area contributed by atoms with Crippen molar-refractivity contribution in [3.05, 3.63) is 90.0 Å². The van der Waals surface area contributed by atoms with Crippen LogP contribution in [0.15, 0.2) is 78.9 Å². The molecule has 1 saturated heterocycles. The molecular weight excluding hydrogens is 378 g/mol. The highest BCUT2D eigenvalue weighted by molar-refractivity contribution is 5.94. The van der Waals surface area contributed by atoms with Crippen LogP contribution in [0.2, 0.25) is 0 Å². The molecule has 2 amide bonds. The molecule has 1 atom stereocenters. The number of benzene rings is 3. The fourth-order valence-electron chi connectivity index (χ4n) is 3.50. The molecule has 1 aliphatic rings. The van der Waals surface area contributed by atoms with Gasteiger partial charge in [-0.1, -0.05) is 18.2 Å². The van der Waals surface area contributed by atoms with Crippen LogP contribution >= 0.6 is 0 Å². The number of nitrogens with zero attached hydrogens (tertiary/aromatic N) is 1. The van der Waals surface area contributed by atoms with E-state index in [1.54, 1.807) is 48.5 Å². The predicted molar refractivity (Wildman–Crippen MR) is 116 cm³/mol. The topological polar surface area (TPSA) is 84.7 Å². The smallest absolute Gasteiger partial charge is 0.253 e. The minimum Gasteiger partial charge on any atom is -0.457 e. The van der Waals surface area contributed by atoms with Crippen LogP contribution in [0, 0.1) is 0 Å². The number of anilines is 1. The fourth-order valence-corrected chi connectivity index (χ4v) is 3.50. The number of rotatable bonds is 6. The second kappa shape index (κ2) is 8.69. The number of amides is 2. The highest BCUT2D eigenvalue weighted by Gasteiger charge is 2.26. The lowest BCUT2D eigenvalue weighted by molar-refractivity contribution is 0.0791. The minimum atomic E-state index is -0.479. The Morgan fingerprint density at radius 3 is 2.07 bits per heavy atom. The van der Waals surface area contributed by atoms with Crippen LogP contribution in [0.1, 0.15) is 27.1 Å². The molecule has 1 fully saturated rings. The summed E-state index contributed by atoms with van der Waals surface area (Å²) in [5, 5.41) is 3.48. The molecule has 1 unspecified atom stereocenters. The molecule has 1 heterocycles. The van der Waals surface area contributed by atoms with E-state index < -0.39 is 5.91 Å². The highest BCUT2D eigenvalue weighted by Crippen LogP contribution is 2.23. The summed E-state index contributed by atoms with van der Waals surface area (Å²) in [6, 6.07) is 24.0. The maximum atomic E-state index is 12.8. The zero-order valence-electron chi connectivity index (χ0n) is 16.5. The molecule has 3 aromatic rings. The second-order valence-corrected chi connectivity index (χ2v) is 7.26. The maximum absolute atomic E-state index is 12.8. The third kappa shape index (κ3) is 4.60. The van der Waals surface area contributed by atoms with Crippen molar-refractivity contribution >= 4 is 17.5 Å². The van der Waals surface area contributed by atoms with Crippen molar-refractivity contribution in [3.8, 4) is 11.5 Å². The number of carbonyl (C=O) groups is 2. The first kappa shape index (κ1) is 19.5. The summed E-state index contributed by atoms with van der Waals surface area (Å²) in [4.78, 5) is 25.8. The van der Waals surface area contributed by atoms with E-state index in [9.17, 15) is 9.59 Å². The molecular formula is C24H23N3O3. The zero-order chi connectivity index (χ0) is 20.9. The molecule has 0 saturated carbocycles. The zero-order valence-corrected chi connectivity index (χ0v) is 16.5. The van der Waals surface area contributed by atoms with Crippen molar-refractivity contribution in [2.45, 2.75) is 12.5 Å². The number of likely N-dealkylation sites (tertiary alicyclic amines) is 1. The van der Waals surface area contributed by atoms with Gasteiger partial charge in [0, 0.05) is 35.9 Å². The van der Waals surface area contributed by atoms with Gasteiger partial charge in [-0.2, -0.15) is 0 Å². The van der Waals surface area contributed by atoms with E-state index in [2.05, 4.69) is 5.32 Å². The van der Waals surface area contributed by atoms with Gasteiger partial charge in [0.1, 0.15) is 11.5 Å². The third-order valence-electron chi connectivity index (χ3n) is 5.10. The van der Waals surface area contributed by atoms with E-state index in [0.717, 1.165) is 18.7 Å². The van der Waals surface area contributed by atoms with Gasteiger partial charge in [-0.15, -0.1) is 0 Å². The van der Waals surface area contributed by atoms with Crippen molar-refractivity contribution in [1.29, 1.82) is 0 Å². The van der Waals surface area contributed by atoms with Crippen LogP contribution in [0.5, 0.6) is 11.5 Å². The third-order valence-corrected chi connectivity index (χ3v) is 5.10. The minimum absolute atomic E-state index is 0.0183. The quantitative estimate of drug-likeness (QED) is 0.656. The standard InChI is InChI=1S/C24H23N3O3/c25-23(28)17-6-10-21(11-7-17)30-22-12-8-18(9-13-22)24(29)27-15-14-20(16-27)26-19-4-2-1-3-5-19/h1-13,20,26H,14-16H2,(H2,25,28). The van der Waals surface area contributed by atoms with Gasteiger partial charge in [-0.3, -0.25) is 9.59 Å². The van der Waals surface area contributed by atoms with Crippen molar-refractivity contribution in [2.24, 2.45) is 5.73 Å². The number of ether oxygens (including phenoxy) is 1. The van der Waals surface area contributed by atoms with Crippen molar-refractivity contribution in [3.63, 3.8) is 0 Å². The Balaban J connectivity index is 1.34. The predicted octanol–water partition coefficient (Wildman–Crippen LogP) is 3.90.